The van der Waals surface area contributed by atoms with Crippen molar-refractivity contribution in [3.05, 3.63) is 29.8 Å². The highest BCUT2D eigenvalue weighted by Gasteiger charge is 2.24. The van der Waals surface area contributed by atoms with Gasteiger partial charge in [-0.1, -0.05) is 0 Å². The van der Waals surface area contributed by atoms with Gasteiger partial charge in [-0.25, -0.2) is 0 Å². The first-order valence-electron chi connectivity index (χ1n) is 6.36. The molecule has 3 N–H and O–H groups in total. The lowest BCUT2D eigenvalue weighted by Gasteiger charge is -2.33. The predicted molar refractivity (Wildman–Crippen MR) is 71.6 cm³/mol. The Morgan fingerprint density at radius 3 is 2.28 bits per heavy atom. The average Bonchev–Trinajstić information content (AvgIpc) is 2.28. The molecule has 0 aromatic heterocycles. The number of nitrogens with two attached hydrogens (primary N) is 1. The van der Waals surface area contributed by atoms with Gasteiger partial charge in [0.15, 0.2) is 0 Å². The first-order valence-corrected chi connectivity index (χ1v) is 6.36. The molecule has 0 saturated carbocycles. The third kappa shape index (κ3) is 3.23. The number of benzene rings is 1. The zero-order valence-electron chi connectivity index (χ0n) is 10.8. The number of carbonyl (C=O) groups is 1. The van der Waals surface area contributed by atoms with Gasteiger partial charge in [0.25, 0.3) is 0 Å². The second kappa shape index (κ2) is 5.40. The average molecular weight is 248 g/mol. The Morgan fingerprint density at radius 1 is 1.22 bits per heavy atom. The molecule has 1 aromatic rings. The first kappa shape index (κ1) is 12.9. The van der Waals surface area contributed by atoms with E-state index < -0.39 is 5.91 Å². The lowest BCUT2D eigenvalue weighted by Crippen LogP contribution is -2.36. The van der Waals surface area contributed by atoms with Crippen molar-refractivity contribution < 1.29 is 9.53 Å². The summed E-state index contributed by atoms with van der Waals surface area (Å²) < 4.78 is 5.70. The highest BCUT2D eigenvalue weighted by Crippen LogP contribution is 2.22. The van der Waals surface area contributed by atoms with Gasteiger partial charge in [0.05, 0.1) is 12.2 Å². The van der Waals surface area contributed by atoms with E-state index >= 15 is 0 Å². The van der Waals surface area contributed by atoms with Crippen LogP contribution in [-0.2, 0) is 4.74 Å². The number of anilines is 1. The molecule has 98 valence electrons. The summed E-state index contributed by atoms with van der Waals surface area (Å²) in [7, 11) is 0. The molecule has 1 aromatic carbocycles. The number of primary amides is 1. The molecule has 1 amide bonds. The Kier molecular flexibility index (Phi) is 3.87. The van der Waals surface area contributed by atoms with Gasteiger partial charge in [0.1, 0.15) is 0 Å². The number of nitrogens with one attached hydrogen (secondary N) is 1. The normalized spacial score (nSPS) is 27.8. The highest BCUT2D eigenvalue weighted by atomic mass is 16.5. The van der Waals surface area contributed by atoms with E-state index in [9.17, 15) is 4.79 Å². The number of amides is 1. The van der Waals surface area contributed by atoms with Gasteiger partial charge >= 0.3 is 0 Å². The summed E-state index contributed by atoms with van der Waals surface area (Å²) in [6.45, 7) is 4.20. The molecular formula is C14H20N2O2. The second-order valence-corrected chi connectivity index (χ2v) is 5.01. The Morgan fingerprint density at radius 2 is 1.78 bits per heavy atom. The maximum absolute atomic E-state index is 11.0. The summed E-state index contributed by atoms with van der Waals surface area (Å²) in [5, 5.41) is 3.48. The van der Waals surface area contributed by atoms with Crippen LogP contribution in [0.5, 0.6) is 0 Å². The molecule has 4 nitrogen and oxygen atoms in total. The summed E-state index contributed by atoms with van der Waals surface area (Å²) >= 11 is 0. The molecule has 1 aliphatic heterocycles. The first-order chi connectivity index (χ1) is 8.54. The van der Waals surface area contributed by atoms with Crippen molar-refractivity contribution in [1.29, 1.82) is 0 Å². The SMILES string of the molecule is CC1CC(Nc2ccc(C(N)=O)cc2)CC(C)O1. The molecule has 2 rings (SSSR count). The van der Waals surface area contributed by atoms with Crippen molar-refractivity contribution in [2.24, 2.45) is 5.73 Å². The fourth-order valence-corrected chi connectivity index (χ4v) is 2.49. The summed E-state index contributed by atoms with van der Waals surface area (Å²) in [6.07, 6.45) is 2.58. The largest absolute Gasteiger partial charge is 0.382 e. The Hall–Kier alpha value is -1.55. The molecule has 1 aliphatic rings. The van der Waals surface area contributed by atoms with Gasteiger partial charge in [-0.2, -0.15) is 0 Å². The third-order valence-corrected chi connectivity index (χ3v) is 3.24. The molecule has 2 unspecified atom stereocenters. The van der Waals surface area contributed by atoms with Gasteiger partial charge in [0, 0.05) is 17.3 Å². The standard InChI is InChI=1S/C14H20N2O2/c1-9-7-13(8-10(2)18-9)16-12-5-3-11(4-6-12)14(15)17/h3-6,9-10,13,16H,7-8H2,1-2H3,(H2,15,17). The monoisotopic (exact) mass is 248 g/mol. The minimum absolute atomic E-state index is 0.288. The van der Waals surface area contributed by atoms with Crippen molar-refractivity contribution in [2.75, 3.05) is 5.32 Å². The molecule has 1 heterocycles. The van der Waals surface area contributed by atoms with E-state index in [2.05, 4.69) is 19.2 Å². The number of carbonyl (C=O) groups excluding carboxylic acids is 1. The molecule has 0 radical (unpaired) electrons. The van der Waals surface area contributed by atoms with E-state index in [0.717, 1.165) is 18.5 Å². The lowest BCUT2D eigenvalue weighted by atomic mass is 9.99. The molecule has 0 aliphatic carbocycles. The van der Waals surface area contributed by atoms with E-state index in [1.54, 1.807) is 12.1 Å². The smallest absolute Gasteiger partial charge is 0.248 e. The Labute approximate surface area is 108 Å². The molecule has 1 saturated heterocycles. The maximum atomic E-state index is 11.0. The van der Waals surface area contributed by atoms with E-state index in [1.807, 2.05) is 12.1 Å². The Bertz CT molecular complexity index is 406. The number of rotatable bonds is 3. The van der Waals surface area contributed by atoms with Crippen LogP contribution in [0.3, 0.4) is 0 Å². The predicted octanol–water partition coefficient (Wildman–Crippen LogP) is 2.15. The van der Waals surface area contributed by atoms with E-state index in [1.165, 1.54) is 0 Å². The van der Waals surface area contributed by atoms with Crippen molar-refractivity contribution in [2.45, 2.75) is 44.9 Å². The molecule has 4 heteroatoms. The summed E-state index contributed by atoms with van der Waals surface area (Å²) in [4.78, 5) is 11.0. The topological polar surface area (TPSA) is 64.3 Å². The maximum Gasteiger partial charge on any atom is 0.248 e. The zero-order chi connectivity index (χ0) is 13.1. The fourth-order valence-electron chi connectivity index (χ4n) is 2.49. The van der Waals surface area contributed by atoms with Gasteiger partial charge in [-0.05, 0) is 51.0 Å². The molecule has 2 atom stereocenters. The van der Waals surface area contributed by atoms with Crippen molar-refractivity contribution in [3.63, 3.8) is 0 Å². The number of hydrogen-bond acceptors (Lipinski definition) is 3. The molecular weight excluding hydrogens is 228 g/mol. The van der Waals surface area contributed by atoms with E-state index in [0.29, 0.717) is 11.6 Å². The third-order valence-electron chi connectivity index (χ3n) is 3.24. The van der Waals surface area contributed by atoms with Crippen LogP contribution in [-0.4, -0.2) is 24.2 Å². The van der Waals surface area contributed by atoms with Crippen LogP contribution in [0.1, 0.15) is 37.0 Å². The fraction of sp³-hybridized carbons (Fsp3) is 0.500. The molecule has 0 spiro atoms. The highest BCUT2D eigenvalue weighted by molar-refractivity contribution is 5.93. The Balaban J connectivity index is 1.98. The second-order valence-electron chi connectivity index (χ2n) is 5.01. The van der Waals surface area contributed by atoms with Crippen molar-refractivity contribution in [1.82, 2.24) is 0 Å². The van der Waals surface area contributed by atoms with Crippen LogP contribution < -0.4 is 11.1 Å². The van der Waals surface area contributed by atoms with Crippen molar-refractivity contribution >= 4 is 11.6 Å². The molecule has 1 fully saturated rings. The van der Waals surface area contributed by atoms with Crippen molar-refractivity contribution in [3.8, 4) is 0 Å². The minimum atomic E-state index is -0.394. The van der Waals surface area contributed by atoms with Crippen LogP contribution in [0, 0.1) is 0 Å². The van der Waals surface area contributed by atoms with Crippen LogP contribution >= 0.6 is 0 Å². The summed E-state index contributed by atoms with van der Waals surface area (Å²) in [5.74, 6) is -0.394. The van der Waals surface area contributed by atoms with E-state index in [4.69, 9.17) is 10.5 Å². The number of hydrogen-bond donors (Lipinski definition) is 2. The van der Waals surface area contributed by atoms with Crippen LogP contribution in [0.2, 0.25) is 0 Å². The minimum Gasteiger partial charge on any atom is -0.382 e. The zero-order valence-corrected chi connectivity index (χ0v) is 10.8. The van der Waals surface area contributed by atoms with Gasteiger partial charge in [0.2, 0.25) is 5.91 Å². The quantitative estimate of drug-likeness (QED) is 0.861. The van der Waals surface area contributed by atoms with Crippen LogP contribution in [0.25, 0.3) is 0 Å². The lowest BCUT2D eigenvalue weighted by molar-refractivity contribution is -0.0337. The van der Waals surface area contributed by atoms with Crippen LogP contribution in [0.15, 0.2) is 24.3 Å². The molecule has 0 bridgehead atoms. The summed E-state index contributed by atoms with van der Waals surface area (Å²) in [6, 6.07) is 7.70. The van der Waals surface area contributed by atoms with Gasteiger partial charge < -0.3 is 15.8 Å². The molecule has 18 heavy (non-hydrogen) atoms. The number of ether oxygens (including phenoxy) is 1. The summed E-state index contributed by atoms with van der Waals surface area (Å²) in [5.41, 5.74) is 6.76. The van der Waals surface area contributed by atoms with E-state index in [-0.39, 0.29) is 12.2 Å². The van der Waals surface area contributed by atoms with Gasteiger partial charge in [-0.15, -0.1) is 0 Å². The van der Waals surface area contributed by atoms with Gasteiger partial charge in [-0.3, -0.25) is 4.79 Å². The van der Waals surface area contributed by atoms with Crippen LogP contribution in [0.4, 0.5) is 5.69 Å².